The number of nitrogens with zero attached hydrogens (tertiary/aromatic N) is 1. The van der Waals surface area contributed by atoms with E-state index in [1.54, 1.807) is 12.1 Å². The standard InChI is InChI=1S/C17H21ClN2O3/c1-20-5-4-13(11-20)10-19-16(21)3-2-12-8-14(18)17-15(9-12)22-6-7-23-17/h2-3,8-9,13H,4-7,10-11H2,1H3,(H,19,21)/b3-2+. The van der Waals surface area contributed by atoms with Crippen molar-refractivity contribution in [3.63, 3.8) is 0 Å². The van der Waals surface area contributed by atoms with Crippen molar-refractivity contribution >= 4 is 23.6 Å². The molecule has 1 saturated heterocycles. The van der Waals surface area contributed by atoms with Gasteiger partial charge in [0.1, 0.15) is 13.2 Å². The predicted molar refractivity (Wildman–Crippen MR) is 90.1 cm³/mol. The highest BCUT2D eigenvalue weighted by molar-refractivity contribution is 6.32. The molecule has 5 nitrogen and oxygen atoms in total. The monoisotopic (exact) mass is 336 g/mol. The van der Waals surface area contributed by atoms with E-state index in [2.05, 4.69) is 17.3 Å². The number of amides is 1. The molecular weight excluding hydrogens is 316 g/mol. The minimum atomic E-state index is -0.0921. The summed E-state index contributed by atoms with van der Waals surface area (Å²) in [4.78, 5) is 14.2. The fourth-order valence-electron chi connectivity index (χ4n) is 2.90. The van der Waals surface area contributed by atoms with Crippen LogP contribution in [0, 0.1) is 5.92 Å². The first-order valence-electron chi connectivity index (χ1n) is 7.85. The number of rotatable bonds is 4. The Labute approximate surface area is 141 Å². The molecule has 3 rings (SSSR count). The van der Waals surface area contributed by atoms with Crippen LogP contribution >= 0.6 is 11.6 Å². The van der Waals surface area contributed by atoms with Gasteiger partial charge in [-0.25, -0.2) is 0 Å². The number of fused-ring (bicyclic) bond motifs is 1. The Balaban J connectivity index is 1.57. The van der Waals surface area contributed by atoms with Crippen LogP contribution < -0.4 is 14.8 Å². The fourth-order valence-corrected chi connectivity index (χ4v) is 3.17. The molecule has 1 atom stereocenters. The van der Waals surface area contributed by atoms with Crippen molar-refractivity contribution in [3.05, 3.63) is 28.8 Å². The van der Waals surface area contributed by atoms with Gasteiger partial charge in [0.15, 0.2) is 11.5 Å². The molecule has 0 aliphatic carbocycles. The van der Waals surface area contributed by atoms with Gasteiger partial charge < -0.3 is 19.7 Å². The molecule has 2 heterocycles. The fraction of sp³-hybridized carbons (Fsp3) is 0.471. The predicted octanol–water partition coefficient (Wildman–Crippen LogP) is 2.19. The molecule has 1 aromatic rings. The van der Waals surface area contributed by atoms with Gasteiger partial charge in [-0.15, -0.1) is 0 Å². The summed E-state index contributed by atoms with van der Waals surface area (Å²) in [5.41, 5.74) is 0.815. The topological polar surface area (TPSA) is 50.8 Å². The Kier molecular flexibility index (Phi) is 5.08. The molecule has 0 aromatic heterocycles. The zero-order valence-electron chi connectivity index (χ0n) is 13.2. The largest absolute Gasteiger partial charge is 0.486 e. The van der Waals surface area contributed by atoms with Gasteiger partial charge in [0.05, 0.1) is 5.02 Å². The minimum absolute atomic E-state index is 0.0921. The normalized spacial score (nSPS) is 20.9. The molecule has 0 saturated carbocycles. The zero-order valence-corrected chi connectivity index (χ0v) is 13.9. The second-order valence-electron chi connectivity index (χ2n) is 6.02. The van der Waals surface area contributed by atoms with Gasteiger partial charge >= 0.3 is 0 Å². The van der Waals surface area contributed by atoms with E-state index in [0.717, 1.165) is 31.6 Å². The molecule has 1 fully saturated rings. The van der Waals surface area contributed by atoms with E-state index in [4.69, 9.17) is 21.1 Å². The van der Waals surface area contributed by atoms with E-state index in [1.807, 2.05) is 6.07 Å². The van der Waals surface area contributed by atoms with Crippen molar-refractivity contribution < 1.29 is 14.3 Å². The maximum Gasteiger partial charge on any atom is 0.244 e. The van der Waals surface area contributed by atoms with Crippen molar-refractivity contribution in [1.29, 1.82) is 0 Å². The summed E-state index contributed by atoms with van der Waals surface area (Å²) in [6.45, 7) is 3.87. The van der Waals surface area contributed by atoms with Gasteiger partial charge in [-0.3, -0.25) is 4.79 Å². The number of nitrogens with one attached hydrogen (secondary N) is 1. The lowest BCUT2D eigenvalue weighted by Crippen LogP contribution is -2.29. The van der Waals surface area contributed by atoms with Gasteiger partial charge in [0.25, 0.3) is 0 Å². The summed E-state index contributed by atoms with van der Waals surface area (Å²) < 4.78 is 11.0. The molecule has 0 radical (unpaired) electrons. The summed E-state index contributed by atoms with van der Waals surface area (Å²) >= 11 is 6.18. The molecule has 1 aromatic carbocycles. The van der Waals surface area contributed by atoms with E-state index in [1.165, 1.54) is 6.08 Å². The Bertz CT molecular complexity index is 618. The molecule has 1 unspecified atom stereocenters. The van der Waals surface area contributed by atoms with E-state index in [0.29, 0.717) is 35.7 Å². The maximum absolute atomic E-state index is 11.9. The molecule has 2 aliphatic heterocycles. The van der Waals surface area contributed by atoms with Crippen LogP contribution in [-0.2, 0) is 4.79 Å². The highest BCUT2D eigenvalue weighted by Gasteiger charge is 2.19. The van der Waals surface area contributed by atoms with Gasteiger partial charge in [-0.1, -0.05) is 11.6 Å². The lowest BCUT2D eigenvalue weighted by molar-refractivity contribution is -0.116. The highest BCUT2D eigenvalue weighted by Crippen LogP contribution is 2.38. The Morgan fingerprint density at radius 2 is 2.26 bits per heavy atom. The molecule has 23 heavy (non-hydrogen) atoms. The average molecular weight is 337 g/mol. The van der Waals surface area contributed by atoms with Crippen molar-refractivity contribution in [2.45, 2.75) is 6.42 Å². The molecule has 2 aliphatic rings. The van der Waals surface area contributed by atoms with Crippen LogP contribution in [0.4, 0.5) is 0 Å². The van der Waals surface area contributed by atoms with Crippen molar-refractivity contribution in [3.8, 4) is 11.5 Å². The minimum Gasteiger partial charge on any atom is -0.486 e. The first-order valence-corrected chi connectivity index (χ1v) is 8.23. The van der Waals surface area contributed by atoms with E-state index in [9.17, 15) is 4.79 Å². The summed E-state index contributed by atoms with van der Waals surface area (Å²) in [6.07, 6.45) is 4.40. The van der Waals surface area contributed by atoms with Crippen LogP contribution in [0.3, 0.4) is 0 Å². The molecule has 0 bridgehead atoms. The number of hydrogen-bond acceptors (Lipinski definition) is 4. The third kappa shape index (κ3) is 4.18. The Hall–Kier alpha value is -1.72. The van der Waals surface area contributed by atoms with Crippen molar-refractivity contribution in [1.82, 2.24) is 10.2 Å². The number of likely N-dealkylation sites (tertiary alicyclic amines) is 1. The number of ether oxygens (including phenoxy) is 2. The van der Waals surface area contributed by atoms with Crippen LogP contribution in [-0.4, -0.2) is 50.7 Å². The maximum atomic E-state index is 11.9. The second kappa shape index (κ2) is 7.23. The van der Waals surface area contributed by atoms with E-state index < -0.39 is 0 Å². The molecule has 6 heteroatoms. The number of carbonyl (C=O) groups excluding carboxylic acids is 1. The van der Waals surface area contributed by atoms with Gasteiger partial charge in [-0.2, -0.15) is 0 Å². The van der Waals surface area contributed by atoms with E-state index >= 15 is 0 Å². The van der Waals surface area contributed by atoms with Gasteiger partial charge in [-0.05, 0) is 49.7 Å². The van der Waals surface area contributed by atoms with Crippen LogP contribution in [0.25, 0.3) is 6.08 Å². The molecule has 1 N–H and O–H groups in total. The third-order valence-corrected chi connectivity index (χ3v) is 4.38. The van der Waals surface area contributed by atoms with Crippen LogP contribution in [0.2, 0.25) is 5.02 Å². The summed E-state index contributed by atoms with van der Waals surface area (Å²) in [5, 5.41) is 3.45. The lowest BCUT2D eigenvalue weighted by atomic mass is 10.1. The third-order valence-electron chi connectivity index (χ3n) is 4.10. The van der Waals surface area contributed by atoms with Crippen molar-refractivity contribution in [2.24, 2.45) is 5.92 Å². The molecular formula is C17H21ClN2O3. The summed E-state index contributed by atoms with van der Waals surface area (Å²) in [6, 6.07) is 3.60. The molecule has 124 valence electrons. The highest BCUT2D eigenvalue weighted by atomic mass is 35.5. The van der Waals surface area contributed by atoms with Crippen molar-refractivity contribution in [2.75, 3.05) is 39.9 Å². The smallest absolute Gasteiger partial charge is 0.244 e. The lowest BCUT2D eigenvalue weighted by Gasteiger charge is -2.19. The SMILES string of the molecule is CN1CCC(CNC(=O)/C=C/c2cc(Cl)c3c(c2)OCCO3)C1. The van der Waals surface area contributed by atoms with Crippen LogP contribution in [0.15, 0.2) is 18.2 Å². The quantitative estimate of drug-likeness (QED) is 0.856. The number of carbonyl (C=O) groups is 1. The van der Waals surface area contributed by atoms with Gasteiger partial charge in [0, 0.05) is 19.2 Å². The first kappa shape index (κ1) is 16.1. The summed E-state index contributed by atoms with van der Waals surface area (Å²) in [5.74, 6) is 1.65. The Morgan fingerprint density at radius 1 is 1.43 bits per heavy atom. The summed E-state index contributed by atoms with van der Waals surface area (Å²) in [7, 11) is 2.10. The molecule has 0 spiro atoms. The van der Waals surface area contributed by atoms with Gasteiger partial charge in [0.2, 0.25) is 5.91 Å². The number of benzene rings is 1. The zero-order chi connectivity index (χ0) is 16.2. The number of hydrogen-bond donors (Lipinski definition) is 1. The number of halogens is 1. The van der Waals surface area contributed by atoms with Crippen LogP contribution in [0.5, 0.6) is 11.5 Å². The first-order chi connectivity index (χ1) is 11.1. The average Bonchev–Trinajstić information content (AvgIpc) is 2.96. The van der Waals surface area contributed by atoms with Crippen LogP contribution in [0.1, 0.15) is 12.0 Å². The molecule has 1 amide bonds. The second-order valence-corrected chi connectivity index (χ2v) is 6.43. The van der Waals surface area contributed by atoms with E-state index in [-0.39, 0.29) is 5.91 Å². The Morgan fingerprint density at radius 3 is 3.04 bits per heavy atom.